The highest BCUT2D eigenvalue weighted by molar-refractivity contribution is 6.04. The Morgan fingerprint density at radius 3 is 2.54 bits per heavy atom. The molecular weight excluding hydrogens is 356 g/mol. The minimum atomic E-state index is -0.317. The molecule has 0 radical (unpaired) electrons. The van der Waals surface area contributed by atoms with Crippen molar-refractivity contribution in [3.63, 3.8) is 0 Å². The lowest BCUT2D eigenvalue weighted by molar-refractivity contribution is 0.102. The maximum Gasteiger partial charge on any atom is 0.274 e. The van der Waals surface area contributed by atoms with E-state index in [9.17, 15) is 4.79 Å². The first-order chi connectivity index (χ1) is 13.7. The smallest absolute Gasteiger partial charge is 0.274 e. The van der Waals surface area contributed by atoms with Crippen molar-refractivity contribution in [3.8, 4) is 28.6 Å². The van der Waals surface area contributed by atoms with E-state index in [0.29, 0.717) is 28.7 Å². The Morgan fingerprint density at radius 1 is 1.00 bits per heavy atom. The second-order valence-corrected chi connectivity index (χ2v) is 5.87. The highest BCUT2D eigenvalue weighted by Crippen LogP contribution is 2.29. The lowest BCUT2D eigenvalue weighted by Crippen LogP contribution is -2.14. The molecular formula is C21H16N4O3. The number of methoxy groups -OCH3 is 1. The summed E-state index contributed by atoms with van der Waals surface area (Å²) in [6.07, 6.45) is 1.57. The van der Waals surface area contributed by atoms with E-state index in [-0.39, 0.29) is 5.91 Å². The van der Waals surface area contributed by atoms with Crippen molar-refractivity contribution in [1.29, 1.82) is 0 Å². The number of carbonyl (C=O) groups is 1. The second-order valence-electron chi connectivity index (χ2n) is 5.87. The number of ether oxygens (including phenoxy) is 1. The van der Waals surface area contributed by atoms with Crippen LogP contribution in [0.4, 0.5) is 5.69 Å². The van der Waals surface area contributed by atoms with E-state index in [1.165, 1.54) is 0 Å². The molecule has 0 spiro atoms. The fourth-order valence-electron chi connectivity index (χ4n) is 2.65. The van der Waals surface area contributed by atoms with Crippen molar-refractivity contribution >= 4 is 11.6 Å². The maximum atomic E-state index is 12.4. The van der Waals surface area contributed by atoms with E-state index in [2.05, 4.69) is 20.4 Å². The van der Waals surface area contributed by atoms with Gasteiger partial charge in [0.1, 0.15) is 11.4 Å². The number of nitrogens with one attached hydrogen (secondary N) is 1. The van der Waals surface area contributed by atoms with E-state index < -0.39 is 0 Å². The molecule has 0 fully saturated rings. The summed E-state index contributed by atoms with van der Waals surface area (Å²) in [7, 11) is 1.61. The fourth-order valence-corrected chi connectivity index (χ4v) is 2.65. The van der Waals surface area contributed by atoms with Gasteiger partial charge in [-0.25, -0.2) is 0 Å². The molecule has 4 aromatic rings. The molecule has 7 nitrogen and oxygen atoms in total. The Bertz CT molecular complexity index is 1090. The minimum absolute atomic E-state index is 0.308. The van der Waals surface area contributed by atoms with Crippen molar-refractivity contribution < 1.29 is 14.1 Å². The average molecular weight is 372 g/mol. The predicted molar refractivity (Wildman–Crippen MR) is 104 cm³/mol. The molecule has 0 saturated heterocycles. The topological polar surface area (TPSA) is 90.1 Å². The van der Waals surface area contributed by atoms with Gasteiger partial charge < -0.3 is 14.6 Å². The summed E-state index contributed by atoms with van der Waals surface area (Å²) in [5.41, 5.74) is 2.30. The summed E-state index contributed by atoms with van der Waals surface area (Å²) >= 11 is 0. The van der Waals surface area contributed by atoms with Gasteiger partial charge in [-0.1, -0.05) is 23.4 Å². The van der Waals surface area contributed by atoms with Crippen LogP contribution in [0.1, 0.15) is 10.5 Å². The molecule has 1 amide bonds. The molecule has 2 heterocycles. The number of benzene rings is 2. The first kappa shape index (κ1) is 17.4. The zero-order chi connectivity index (χ0) is 19.3. The van der Waals surface area contributed by atoms with Crippen molar-refractivity contribution in [2.24, 2.45) is 0 Å². The summed E-state index contributed by atoms with van der Waals surface area (Å²) in [5.74, 6) is 1.18. The Hall–Kier alpha value is -4.00. The predicted octanol–water partition coefficient (Wildman–Crippen LogP) is 4.06. The van der Waals surface area contributed by atoms with Gasteiger partial charge in [-0.3, -0.25) is 9.78 Å². The minimum Gasteiger partial charge on any atom is -0.497 e. The molecule has 0 atom stereocenters. The van der Waals surface area contributed by atoms with Crippen LogP contribution >= 0.6 is 0 Å². The number of nitrogens with zero attached hydrogens (tertiary/aromatic N) is 3. The third-order valence-corrected chi connectivity index (χ3v) is 4.08. The summed E-state index contributed by atoms with van der Waals surface area (Å²) in [6, 6.07) is 19.7. The lowest BCUT2D eigenvalue weighted by Gasteiger charge is -2.07. The van der Waals surface area contributed by atoms with E-state index in [4.69, 9.17) is 9.26 Å². The third kappa shape index (κ3) is 3.59. The Kier molecular flexibility index (Phi) is 4.79. The van der Waals surface area contributed by atoms with Crippen molar-refractivity contribution in [2.45, 2.75) is 0 Å². The molecule has 0 aliphatic heterocycles. The largest absolute Gasteiger partial charge is 0.497 e. The number of amides is 1. The lowest BCUT2D eigenvalue weighted by atomic mass is 10.1. The number of rotatable bonds is 5. The highest BCUT2D eigenvalue weighted by atomic mass is 16.5. The van der Waals surface area contributed by atoms with E-state index in [0.717, 1.165) is 11.3 Å². The van der Waals surface area contributed by atoms with Crippen molar-refractivity contribution in [3.05, 3.63) is 78.6 Å². The first-order valence-corrected chi connectivity index (χ1v) is 8.54. The van der Waals surface area contributed by atoms with E-state index >= 15 is 0 Å². The quantitative estimate of drug-likeness (QED) is 0.568. The summed E-state index contributed by atoms with van der Waals surface area (Å²) in [5, 5.41) is 6.89. The maximum absolute atomic E-state index is 12.4. The molecule has 28 heavy (non-hydrogen) atoms. The molecule has 4 rings (SSSR count). The van der Waals surface area contributed by atoms with Gasteiger partial charge in [0, 0.05) is 11.8 Å². The normalized spacial score (nSPS) is 10.5. The zero-order valence-electron chi connectivity index (χ0n) is 15.0. The molecule has 0 aliphatic carbocycles. The van der Waals surface area contributed by atoms with Gasteiger partial charge in [-0.05, 0) is 48.5 Å². The van der Waals surface area contributed by atoms with Crippen LogP contribution in [-0.2, 0) is 0 Å². The van der Waals surface area contributed by atoms with Crippen LogP contribution in [0, 0.1) is 0 Å². The molecule has 0 bridgehead atoms. The van der Waals surface area contributed by atoms with Gasteiger partial charge in [0.2, 0.25) is 5.82 Å². The number of carbonyl (C=O) groups excluding carboxylic acids is 1. The summed E-state index contributed by atoms with van der Waals surface area (Å²) < 4.78 is 10.6. The molecule has 0 saturated carbocycles. The van der Waals surface area contributed by atoms with Gasteiger partial charge in [0.05, 0.1) is 18.4 Å². The summed E-state index contributed by atoms with van der Waals surface area (Å²) in [4.78, 5) is 21.0. The van der Waals surface area contributed by atoms with Crippen molar-refractivity contribution in [1.82, 2.24) is 15.1 Å². The SMILES string of the molecule is COc1ccc(-c2noc(-c3ccccc3NC(=O)c3ccccn3)n2)cc1. The number of para-hydroxylation sites is 1. The standard InChI is InChI=1S/C21H16N4O3/c1-27-15-11-9-14(10-12-15)19-24-21(28-25-19)16-6-2-3-7-17(16)23-20(26)18-8-4-5-13-22-18/h2-13H,1H3,(H,23,26). The third-order valence-electron chi connectivity index (χ3n) is 4.08. The first-order valence-electron chi connectivity index (χ1n) is 8.54. The van der Waals surface area contributed by atoms with Crippen LogP contribution in [0.15, 0.2) is 77.4 Å². The average Bonchev–Trinajstić information content (AvgIpc) is 3.25. The number of hydrogen-bond donors (Lipinski definition) is 1. The molecule has 2 aromatic carbocycles. The van der Waals surface area contributed by atoms with Crippen LogP contribution in [0.5, 0.6) is 5.75 Å². The van der Waals surface area contributed by atoms with E-state index in [1.54, 1.807) is 43.6 Å². The molecule has 138 valence electrons. The van der Waals surface area contributed by atoms with Gasteiger partial charge >= 0.3 is 0 Å². The van der Waals surface area contributed by atoms with Crippen LogP contribution in [0.25, 0.3) is 22.8 Å². The van der Waals surface area contributed by atoms with Crippen molar-refractivity contribution in [2.75, 3.05) is 12.4 Å². The highest BCUT2D eigenvalue weighted by Gasteiger charge is 2.16. The van der Waals surface area contributed by atoms with Gasteiger partial charge in [-0.15, -0.1) is 0 Å². The Labute approximate surface area is 161 Å². The van der Waals surface area contributed by atoms with Crippen LogP contribution in [0.3, 0.4) is 0 Å². The van der Waals surface area contributed by atoms with Crippen LogP contribution in [0.2, 0.25) is 0 Å². The number of pyridine rings is 1. The molecule has 7 heteroatoms. The number of aromatic nitrogens is 3. The fraction of sp³-hybridized carbons (Fsp3) is 0.0476. The van der Waals surface area contributed by atoms with Crippen LogP contribution in [-0.4, -0.2) is 28.1 Å². The van der Waals surface area contributed by atoms with Gasteiger partial charge in [-0.2, -0.15) is 4.98 Å². The Balaban J connectivity index is 1.62. The zero-order valence-corrected chi connectivity index (χ0v) is 15.0. The molecule has 1 N–H and O–H groups in total. The molecule has 2 aromatic heterocycles. The Morgan fingerprint density at radius 2 is 1.79 bits per heavy atom. The van der Waals surface area contributed by atoms with Gasteiger partial charge in [0.25, 0.3) is 11.8 Å². The second kappa shape index (κ2) is 7.71. The number of anilines is 1. The summed E-state index contributed by atoms with van der Waals surface area (Å²) in [6.45, 7) is 0. The van der Waals surface area contributed by atoms with E-state index in [1.807, 2.05) is 36.4 Å². The monoisotopic (exact) mass is 372 g/mol. The van der Waals surface area contributed by atoms with Gasteiger partial charge in [0.15, 0.2) is 0 Å². The molecule has 0 unspecified atom stereocenters. The molecule has 0 aliphatic rings. The number of hydrogen-bond acceptors (Lipinski definition) is 6. The van der Waals surface area contributed by atoms with Crippen LogP contribution < -0.4 is 10.1 Å².